The molecular weight excluding hydrogens is 365 g/mol. The summed E-state index contributed by atoms with van der Waals surface area (Å²) in [6, 6.07) is 15.3. The fourth-order valence-electron chi connectivity index (χ4n) is 2.98. The smallest absolute Gasteiger partial charge is 0.145 e. The molecule has 1 saturated heterocycles. The van der Waals surface area contributed by atoms with Gasteiger partial charge in [-0.2, -0.15) is 5.10 Å². The van der Waals surface area contributed by atoms with E-state index < -0.39 is 5.60 Å². The average molecular weight is 377 g/mol. The van der Waals surface area contributed by atoms with E-state index in [0.29, 0.717) is 21.7 Å². The lowest BCUT2D eigenvalue weighted by Crippen LogP contribution is -2.21. The summed E-state index contributed by atoms with van der Waals surface area (Å²) in [6.07, 6.45) is 1.22. The summed E-state index contributed by atoms with van der Waals surface area (Å²) < 4.78 is 7.81. The Morgan fingerprint density at radius 2 is 1.79 bits per heavy atom. The number of rotatable bonds is 4. The number of nitrogens with zero attached hydrogens (tertiary/aromatic N) is 3. The highest BCUT2D eigenvalue weighted by Crippen LogP contribution is 2.60. The second-order valence-corrected chi connectivity index (χ2v) is 6.77. The van der Waals surface area contributed by atoms with Crippen LogP contribution in [0.1, 0.15) is 17.2 Å². The van der Waals surface area contributed by atoms with Crippen LogP contribution in [0.15, 0.2) is 60.0 Å². The van der Waals surface area contributed by atoms with Crippen LogP contribution in [0.5, 0.6) is 0 Å². The molecule has 0 aliphatic carbocycles. The van der Waals surface area contributed by atoms with Crippen molar-refractivity contribution in [2.45, 2.75) is 23.4 Å². The molecule has 4 nitrogen and oxygen atoms in total. The van der Waals surface area contributed by atoms with Gasteiger partial charge in [0.1, 0.15) is 18.0 Å². The second-order valence-electron chi connectivity index (χ2n) is 5.59. The maximum atomic E-state index is 6.44. The quantitative estimate of drug-likeness (QED) is 0.506. The van der Waals surface area contributed by atoms with E-state index >= 15 is 0 Å². The van der Waals surface area contributed by atoms with E-state index in [-0.39, 0.29) is 6.10 Å². The van der Waals surface area contributed by atoms with Gasteiger partial charge >= 0.3 is 0 Å². The van der Waals surface area contributed by atoms with Crippen LogP contribution in [-0.2, 0) is 29.5 Å². The van der Waals surface area contributed by atoms with E-state index in [1.807, 2.05) is 48.5 Å². The molecule has 1 aliphatic heterocycles. The zero-order valence-electron chi connectivity index (χ0n) is 12.4. The van der Waals surface area contributed by atoms with Gasteiger partial charge in [-0.05, 0) is 12.1 Å². The Kier molecular flexibility index (Phi) is 3.96. The Labute approximate surface area is 154 Å². The third-order valence-corrected chi connectivity index (χ3v) is 5.17. The van der Waals surface area contributed by atoms with Crippen LogP contribution >= 0.6 is 23.2 Å². The standard InChI is InChI=1S/C17H13Cl2N3OS/c18-13-7-3-1-5-11(13)15-17(23-15,9-22-16(24)20-10-21-22)12-6-2-4-8-14(12)19/h1-8,10,15H,9H2,(H,20,21,24)/p-1/t15-,17-/m1/s1. The molecular formula is C17H12Cl2N3OS-. The molecule has 0 amide bonds. The van der Waals surface area contributed by atoms with Crippen molar-refractivity contribution in [2.24, 2.45) is 0 Å². The van der Waals surface area contributed by atoms with Crippen molar-refractivity contribution in [3.8, 4) is 0 Å². The fourth-order valence-corrected chi connectivity index (χ4v) is 3.67. The Bertz CT molecular complexity index is 901. The summed E-state index contributed by atoms with van der Waals surface area (Å²) in [5, 5.41) is 5.90. The molecule has 2 atom stereocenters. The molecule has 1 aliphatic rings. The summed E-state index contributed by atoms with van der Waals surface area (Å²) in [5.74, 6) is 0. The van der Waals surface area contributed by atoms with Crippen LogP contribution in [0, 0.1) is 0 Å². The van der Waals surface area contributed by atoms with Crippen molar-refractivity contribution in [1.82, 2.24) is 14.8 Å². The first-order valence-corrected chi connectivity index (χ1v) is 8.50. The molecule has 1 fully saturated rings. The van der Waals surface area contributed by atoms with Gasteiger partial charge in [-0.15, -0.1) is 0 Å². The molecule has 122 valence electrons. The largest absolute Gasteiger partial charge is 0.740 e. The normalized spacial score (nSPS) is 22.5. The molecule has 2 heterocycles. The molecule has 0 spiro atoms. The van der Waals surface area contributed by atoms with E-state index in [1.54, 1.807) is 4.68 Å². The van der Waals surface area contributed by atoms with E-state index in [0.717, 1.165) is 11.1 Å². The highest BCUT2D eigenvalue weighted by Gasteiger charge is 2.60. The molecule has 4 rings (SSSR count). The number of ether oxygens (including phenoxy) is 1. The molecule has 0 N–H and O–H groups in total. The Morgan fingerprint density at radius 1 is 1.08 bits per heavy atom. The van der Waals surface area contributed by atoms with E-state index in [4.69, 9.17) is 40.6 Å². The van der Waals surface area contributed by atoms with E-state index in [9.17, 15) is 0 Å². The van der Waals surface area contributed by atoms with Gasteiger partial charge < -0.3 is 17.4 Å². The first kappa shape index (κ1) is 15.8. The molecule has 0 unspecified atom stereocenters. The third kappa shape index (κ3) is 2.58. The van der Waals surface area contributed by atoms with E-state index in [1.165, 1.54) is 6.33 Å². The van der Waals surface area contributed by atoms with Crippen LogP contribution in [0.4, 0.5) is 0 Å². The minimum absolute atomic E-state index is 0.218. The van der Waals surface area contributed by atoms with Crippen molar-refractivity contribution < 1.29 is 4.74 Å². The number of aromatic nitrogens is 3. The molecule has 24 heavy (non-hydrogen) atoms. The van der Waals surface area contributed by atoms with Gasteiger partial charge in [0, 0.05) is 26.3 Å². The average Bonchev–Trinajstić information content (AvgIpc) is 3.15. The fraction of sp³-hybridized carbons (Fsp3) is 0.176. The van der Waals surface area contributed by atoms with Crippen LogP contribution in [0.2, 0.25) is 10.0 Å². The first-order chi connectivity index (χ1) is 11.6. The number of benzene rings is 2. The lowest BCUT2D eigenvalue weighted by molar-refractivity contribution is 0.256. The molecule has 1 aromatic heterocycles. The maximum Gasteiger partial charge on any atom is 0.145 e. The molecule has 0 bridgehead atoms. The summed E-state index contributed by atoms with van der Waals surface area (Å²) in [7, 11) is 0. The Hall–Kier alpha value is -1.66. The molecule has 0 radical (unpaired) electrons. The summed E-state index contributed by atoms with van der Waals surface area (Å²) in [6.45, 7) is 0.422. The van der Waals surface area contributed by atoms with Gasteiger partial charge in [0.2, 0.25) is 0 Å². The summed E-state index contributed by atoms with van der Waals surface area (Å²) in [4.78, 5) is 4.01. The molecule has 3 aromatic rings. The van der Waals surface area contributed by atoms with E-state index in [2.05, 4.69) is 10.1 Å². The molecule has 7 heteroatoms. The zero-order valence-corrected chi connectivity index (χ0v) is 14.7. The monoisotopic (exact) mass is 376 g/mol. The lowest BCUT2D eigenvalue weighted by Gasteiger charge is -2.18. The number of epoxide rings is 1. The van der Waals surface area contributed by atoms with Crippen molar-refractivity contribution in [2.75, 3.05) is 0 Å². The Balaban J connectivity index is 1.79. The van der Waals surface area contributed by atoms with Gasteiger partial charge in [-0.3, -0.25) is 4.68 Å². The van der Waals surface area contributed by atoms with Gasteiger partial charge in [-0.1, -0.05) is 59.6 Å². The number of hydrogen-bond donors (Lipinski definition) is 0. The molecule has 0 saturated carbocycles. The lowest BCUT2D eigenvalue weighted by atomic mass is 9.91. The summed E-state index contributed by atoms with van der Waals surface area (Å²) >= 11 is 18.0. The zero-order chi connectivity index (χ0) is 16.7. The van der Waals surface area contributed by atoms with Crippen molar-refractivity contribution >= 4 is 35.8 Å². The van der Waals surface area contributed by atoms with Crippen molar-refractivity contribution in [1.29, 1.82) is 0 Å². The summed E-state index contributed by atoms with van der Waals surface area (Å²) in [5.41, 5.74) is 1.15. The third-order valence-electron chi connectivity index (χ3n) is 4.18. The highest BCUT2D eigenvalue weighted by atomic mass is 35.5. The maximum absolute atomic E-state index is 6.44. The minimum atomic E-state index is -0.662. The van der Waals surface area contributed by atoms with Gasteiger partial charge in [0.25, 0.3) is 0 Å². The van der Waals surface area contributed by atoms with Crippen LogP contribution in [0.25, 0.3) is 0 Å². The van der Waals surface area contributed by atoms with Gasteiger partial charge in [-0.25, -0.2) is 4.98 Å². The topological polar surface area (TPSA) is 43.2 Å². The van der Waals surface area contributed by atoms with Crippen LogP contribution < -0.4 is 0 Å². The Morgan fingerprint density at radius 3 is 2.46 bits per heavy atom. The minimum Gasteiger partial charge on any atom is -0.740 e. The second kappa shape index (κ2) is 6.01. The van der Waals surface area contributed by atoms with Gasteiger partial charge in [0.05, 0.1) is 6.54 Å². The number of halogens is 2. The predicted octanol–water partition coefficient (Wildman–Crippen LogP) is 4.16. The SMILES string of the molecule is [S-]c1ncnn1C[C@]1(c2ccccc2Cl)O[C@@H]1c1ccccc1Cl. The highest BCUT2D eigenvalue weighted by molar-refractivity contribution is 7.58. The van der Waals surface area contributed by atoms with Crippen LogP contribution in [-0.4, -0.2) is 14.8 Å². The predicted molar refractivity (Wildman–Crippen MR) is 94.1 cm³/mol. The van der Waals surface area contributed by atoms with Gasteiger partial charge in [0.15, 0.2) is 0 Å². The van der Waals surface area contributed by atoms with Crippen molar-refractivity contribution in [3.63, 3.8) is 0 Å². The number of hydrogen-bond acceptors (Lipinski definition) is 4. The van der Waals surface area contributed by atoms with Crippen LogP contribution in [0.3, 0.4) is 0 Å². The van der Waals surface area contributed by atoms with Crippen molar-refractivity contribution in [3.05, 3.63) is 76.0 Å². The molecule has 2 aromatic carbocycles. The first-order valence-electron chi connectivity index (χ1n) is 7.34.